The highest BCUT2D eigenvalue weighted by Crippen LogP contribution is 2.27. The van der Waals surface area contributed by atoms with Gasteiger partial charge in [0.05, 0.1) is 16.2 Å². The maximum Gasteiger partial charge on any atom is 0.310 e. The zero-order valence-electron chi connectivity index (χ0n) is 15.1. The van der Waals surface area contributed by atoms with E-state index in [1.165, 1.54) is 12.1 Å². The van der Waals surface area contributed by atoms with Crippen LogP contribution in [-0.4, -0.2) is 31.4 Å². The van der Waals surface area contributed by atoms with Gasteiger partial charge in [-0.15, -0.1) is 0 Å². The van der Waals surface area contributed by atoms with E-state index in [0.717, 1.165) is 17.8 Å². The minimum atomic E-state index is -0.617. The molecule has 1 aromatic carbocycles. The number of nitrogens with one attached hydrogen (secondary N) is 1. The summed E-state index contributed by atoms with van der Waals surface area (Å²) in [6.07, 6.45) is 0.668. The number of hydrogen-bond acceptors (Lipinski definition) is 6. The van der Waals surface area contributed by atoms with E-state index < -0.39 is 4.92 Å². The molecule has 0 saturated carbocycles. The second-order valence-corrected chi connectivity index (χ2v) is 7.63. The van der Waals surface area contributed by atoms with Crippen LogP contribution in [0.1, 0.15) is 43.4 Å². The van der Waals surface area contributed by atoms with Gasteiger partial charge in [0.2, 0.25) is 0 Å². The maximum atomic E-state index is 12.5. The number of phenols is 1. The number of aromatic hydroxyl groups is 1. The molecule has 2 aromatic rings. The van der Waals surface area contributed by atoms with Crippen LogP contribution in [0.4, 0.5) is 5.69 Å². The van der Waals surface area contributed by atoms with Crippen LogP contribution in [0.25, 0.3) is 0 Å². The fourth-order valence-electron chi connectivity index (χ4n) is 3.05. The number of benzene rings is 1. The van der Waals surface area contributed by atoms with Gasteiger partial charge in [0.25, 0.3) is 5.56 Å². The van der Waals surface area contributed by atoms with E-state index in [9.17, 15) is 20.0 Å². The number of phenolic OH excluding ortho intramolecular Hbond substituents is 1. The molecule has 0 atom stereocenters. The van der Waals surface area contributed by atoms with Crippen molar-refractivity contribution >= 4 is 5.69 Å². The summed E-state index contributed by atoms with van der Waals surface area (Å²) in [6.45, 7) is 7.70. The Bertz CT molecular complexity index is 914. The number of fused-ring (bicyclic) bond motifs is 1. The summed E-state index contributed by atoms with van der Waals surface area (Å²) in [5.74, 6) is 0.342. The molecule has 0 amide bonds. The lowest BCUT2D eigenvalue weighted by molar-refractivity contribution is -0.385. The predicted molar refractivity (Wildman–Crippen MR) is 96.1 cm³/mol. The number of nitrogens with zero attached hydrogens (tertiary/aromatic N) is 3. The number of nitro groups is 1. The van der Waals surface area contributed by atoms with Crippen molar-refractivity contribution in [2.24, 2.45) is 0 Å². The molecule has 3 rings (SSSR count). The first-order valence-corrected chi connectivity index (χ1v) is 8.46. The van der Waals surface area contributed by atoms with E-state index in [-0.39, 0.29) is 22.4 Å². The Hall–Kier alpha value is -2.74. The molecule has 0 unspecified atom stereocenters. The van der Waals surface area contributed by atoms with Crippen molar-refractivity contribution in [3.05, 3.63) is 61.3 Å². The molecule has 2 heterocycles. The third-order valence-corrected chi connectivity index (χ3v) is 4.50. The first-order chi connectivity index (χ1) is 12.1. The van der Waals surface area contributed by atoms with Gasteiger partial charge < -0.3 is 10.1 Å². The quantitative estimate of drug-likeness (QED) is 0.643. The van der Waals surface area contributed by atoms with Crippen LogP contribution in [0.2, 0.25) is 0 Å². The first kappa shape index (κ1) is 18.1. The van der Waals surface area contributed by atoms with Crippen molar-refractivity contribution in [3.63, 3.8) is 0 Å². The van der Waals surface area contributed by atoms with Crippen molar-refractivity contribution in [2.75, 3.05) is 6.54 Å². The number of H-pyrrole nitrogens is 1. The molecule has 0 spiro atoms. The van der Waals surface area contributed by atoms with Gasteiger partial charge in [-0.2, -0.15) is 0 Å². The Morgan fingerprint density at radius 3 is 2.73 bits per heavy atom. The number of hydrogen-bond donors (Lipinski definition) is 2. The summed E-state index contributed by atoms with van der Waals surface area (Å²) in [5.41, 5.74) is 1.61. The molecular weight excluding hydrogens is 336 g/mol. The monoisotopic (exact) mass is 358 g/mol. The largest absolute Gasteiger partial charge is 0.502 e. The Labute approximate surface area is 150 Å². The minimum Gasteiger partial charge on any atom is -0.502 e. The van der Waals surface area contributed by atoms with Crippen molar-refractivity contribution in [1.82, 2.24) is 14.9 Å². The van der Waals surface area contributed by atoms with Gasteiger partial charge in [-0.05, 0) is 11.6 Å². The van der Waals surface area contributed by atoms with Gasteiger partial charge >= 0.3 is 5.69 Å². The second-order valence-electron chi connectivity index (χ2n) is 7.63. The Balaban J connectivity index is 1.80. The second kappa shape index (κ2) is 6.53. The fraction of sp³-hybridized carbons (Fsp3) is 0.444. The molecule has 8 nitrogen and oxygen atoms in total. The Morgan fingerprint density at radius 2 is 2.12 bits per heavy atom. The summed E-state index contributed by atoms with van der Waals surface area (Å²) in [4.78, 5) is 32.2. The lowest BCUT2D eigenvalue weighted by Gasteiger charge is -2.29. The van der Waals surface area contributed by atoms with Crippen LogP contribution >= 0.6 is 0 Å². The molecular formula is C18H22N4O4. The molecule has 0 saturated heterocycles. The van der Waals surface area contributed by atoms with Crippen LogP contribution in [0.5, 0.6) is 5.75 Å². The van der Waals surface area contributed by atoms with Gasteiger partial charge in [0.15, 0.2) is 5.75 Å². The summed E-state index contributed by atoms with van der Waals surface area (Å²) < 4.78 is 0. The zero-order chi connectivity index (χ0) is 19.1. The topological polar surface area (TPSA) is 112 Å². The predicted octanol–water partition coefficient (Wildman–Crippen LogP) is 2.24. The zero-order valence-corrected chi connectivity index (χ0v) is 15.1. The number of nitro benzene ring substituents is 1. The van der Waals surface area contributed by atoms with Crippen molar-refractivity contribution in [1.29, 1.82) is 0 Å². The number of aromatic nitrogens is 2. The minimum absolute atomic E-state index is 0.115. The highest BCUT2D eigenvalue weighted by atomic mass is 16.6. The third-order valence-electron chi connectivity index (χ3n) is 4.50. The normalized spacial score (nSPS) is 14.9. The van der Waals surface area contributed by atoms with Gasteiger partial charge in [0, 0.05) is 37.5 Å². The molecule has 138 valence electrons. The van der Waals surface area contributed by atoms with E-state index in [0.29, 0.717) is 30.9 Å². The van der Waals surface area contributed by atoms with Crippen LogP contribution in [0.3, 0.4) is 0 Å². The average molecular weight is 358 g/mol. The summed E-state index contributed by atoms with van der Waals surface area (Å²) in [6, 6.07) is 4.32. The first-order valence-electron chi connectivity index (χ1n) is 8.46. The molecule has 1 aliphatic rings. The third kappa shape index (κ3) is 3.60. The molecule has 0 radical (unpaired) electrons. The van der Waals surface area contributed by atoms with Crippen molar-refractivity contribution < 1.29 is 10.0 Å². The molecule has 2 N–H and O–H groups in total. The van der Waals surface area contributed by atoms with Gasteiger partial charge in [-0.3, -0.25) is 19.8 Å². The van der Waals surface area contributed by atoms with Crippen LogP contribution in [0, 0.1) is 10.1 Å². The maximum absolute atomic E-state index is 12.5. The molecule has 0 fully saturated rings. The number of aromatic amines is 1. The van der Waals surface area contributed by atoms with E-state index in [2.05, 4.69) is 14.9 Å². The highest BCUT2D eigenvalue weighted by molar-refractivity contribution is 5.47. The molecule has 26 heavy (non-hydrogen) atoms. The van der Waals surface area contributed by atoms with E-state index in [1.807, 2.05) is 20.8 Å². The van der Waals surface area contributed by atoms with Crippen LogP contribution < -0.4 is 5.56 Å². The fourth-order valence-corrected chi connectivity index (χ4v) is 3.05. The van der Waals surface area contributed by atoms with E-state index >= 15 is 0 Å². The van der Waals surface area contributed by atoms with E-state index in [1.54, 1.807) is 6.07 Å². The molecule has 0 bridgehead atoms. The standard InChI is InChI=1S/C18H22N4O4/c1-18(2,3)17-19-13-6-7-21(10-12(13)16(24)20-17)9-11-4-5-14(22(25)26)15(23)8-11/h4-5,8,23H,6-7,9-10H2,1-3H3,(H,19,20,24). The number of rotatable bonds is 3. The highest BCUT2D eigenvalue weighted by Gasteiger charge is 2.25. The Morgan fingerprint density at radius 1 is 1.38 bits per heavy atom. The lowest BCUT2D eigenvalue weighted by atomic mass is 9.95. The summed E-state index contributed by atoms with van der Waals surface area (Å²) in [5, 5.41) is 20.6. The summed E-state index contributed by atoms with van der Waals surface area (Å²) in [7, 11) is 0. The van der Waals surface area contributed by atoms with Gasteiger partial charge in [-0.25, -0.2) is 4.98 Å². The van der Waals surface area contributed by atoms with E-state index in [4.69, 9.17) is 0 Å². The Kier molecular flexibility index (Phi) is 4.53. The van der Waals surface area contributed by atoms with Crippen molar-refractivity contribution in [2.45, 2.75) is 45.7 Å². The molecule has 1 aliphatic heterocycles. The SMILES string of the molecule is CC(C)(C)c1nc2c(c(=O)[nH]1)CN(Cc1ccc([N+](=O)[O-])c(O)c1)CC2. The molecule has 8 heteroatoms. The van der Waals surface area contributed by atoms with Crippen molar-refractivity contribution in [3.8, 4) is 5.75 Å². The van der Waals surface area contributed by atoms with Gasteiger partial charge in [0.1, 0.15) is 5.82 Å². The molecule has 1 aromatic heterocycles. The summed E-state index contributed by atoms with van der Waals surface area (Å²) >= 11 is 0. The van der Waals surface area contributed by atoms with Crippen LogP contribution in [-0.2, 0) is 24.9 Å². The average Bonchev–Trinajstić information content (AvgIpc) is 2.54. The van der Waals surface area contributed by atoms with Crippen LogP contribution in [0.15, 0.2) is 23.0 Å². The van der Waals surface area contributed by atoms with Gasteiger partial charge in [-0.1, -0.05) is 26.8 Å². The smallest absolute Gasteiger partial charge is 0.310 e. The molecule has 0 aliphatic carbocycles. The lowest BCUT2D eigenvalue weighted by Crippen LogP contribution is -2.37.